The van der Waals surface area contributed by atoms with E-state index >= 15 is 0 Å². The lowest BCUT2D eigenvalue weighted by Crippen LogP contribution is -2.44. The van der Waals surface area contributed by atoms with Crippen LogP contribution in [-0.4, -0.2) is 28.7 Å². The van der Waals surface area contributed by atoms with E-state index in [1.165, 1.54) is 0 Å². The lowest BCUT2D eigenvalue weighted by molar-refractivity contribution is -0.126. The Balaban J connectivity index is 1.64. The second kappa shape index (κ2) is 11.9. The van der Waals surface area contributed by atoms with Crippen molar-refractivity contribution >= 4 is 51.5 Å². The molecule has 3 N–H and O–H groups in total. The predicted molar refractivity (Wildman–Crippen MR) is 132 cm³/mol. The molecule has 0 fully saturated rings. The van der Waals surface area contributed by atoms with Crippen molar-refractivity contribution in [3.63, 3.8) is 0 Å². The number of hydrogen-bond donors (Lipinski definition) is 3. The number of aromatic nitrogens is 1. The molecule has 1 unspecified atom stereocenters. The van der Waals surface area contributed by atoms with Crippen LogP contribution in [0.3, 0.4) is 0 Å². The van der Waals surface area contributed by atoms with Crippen molar-refractivity contribution in [3.8, 4) is 0 Å². The zero-order valence-corrected chi connectivity index (χ0v) is 20.5. The van der Waals surface area contributed by atoms with Crippen LogP contribution in [-0.2, 0) is 16.0 Å². The minimum Gasteiger partial charge on any atom is -0.344 e. The number of aryl methyl sites for hydroxylation is 1. The van der Waals surface area contributed by atoms with Gasteiger partial charge in [0.15, 0.2) is 5.13 Å². The van der Waals surface area contributed by atoms with E-state index in [0.29, 0.717) is 34.1 Å². The highest BCUT2D eigenvalue weighted by Crippen LogP contribution is 2.24. The molecule has 0 bridgehead atoms. The van der Waals surface area contributed by atoms with Gasteiger partial charge in [-0.15, -0.1) is 0 Å². The third-order valence-electron chi connectivity index (χ3n) is 4.85. The van der Waals surface area contributed by atoms with Gasteiger partial charge in [-0.25, -0.2) is 13.8 Å². The smallest absolute Gasteiger partial charge is 0.267 e. The van der Waals surface area contributed by atoms with E-state index in [-0.39, 0.29) is 23.0 Å². The van der Waals surface area contributed by atoms with Gasteiger partial charge >= 0.3 is 0 Å². The van der Waals surface area contributed by atoms with Crippen molar-refractivity contribution in [3.05, 3.63) is 75.3 Å². The van der Waals surface area contributed by atoms with E-state index in [1.807, 2.05) is 6.92 Å². The molecule has 1 heterocycles. The Morgan fingerprint density at radius 2 is 1.71 bits per heavy atom. The number of benzene rings is 2. The molecule has 0 aliphatic heterocycles. The van der Waals surface area contributed by atoms with Crippen LogP contribution < -0.4 is 16.0 Å². The molecule has 1 aromatic heterocycles. The first-order chi connectivity index (χ1) is 16.6. The van der Waals surface area contributed by atoms with E-state index in [2.05, 4.69) is 20.9 Å². The molecule has 3 rings (SSSR count). The van der Waals surface area contributed by atoms with Gasteiger partial charge in [0.25, 0.3) is 5.91 Å². The molecule has 0 spiro atoms. The van der Waals surface area contributed by atoms with Crippen molar-refractivity contribution in [2.75, 3.05) is 10.6 Å². The zero-order valence-electron chi connectivity index (χ0n) is 19.0. The first-order valence-electron chi connectivity index (χ1n) is 10.7. The summed E-state index contributed by atoms with van der Waals surface area (Å²) in [6.07, 6.45) is 0.648. The fraction of sp³-hybridized carbons (Fsp3) is 0.250. The summed E-state index contributed by atoms with van der Waals surface area (Å²) >= 11 is 6.86. The fourth-order valence-corrected chi connectivity index (χ4v) is 4.27. The lowest BCUT2D eigenvalue weighted by Gasteiger charge is -2.17. The van der Waals surface area contributed by atoms with Crippen LogP contribution in [0.25, 0.3) is 0 Å². The first kappa shape index (κ1) is 26.2. The highest BCUT2D eigenvalue weighted by Gasteiger charge is 2.23. The molecule has 0 radical (unpaired) electrons. The van der Waals surface area contributed by atoms with E-state index in [0.717, 1.165) is 29.5 Å². The summed E-state index contributed by atoms with van der Waals surface area (Å²) in [4.78, 5) is 42.4. The standard InChI is InChI=1S/C24H23ClF2N4O3S/c1-3-4-19(30-20(32)11-14-9-16(26)12-17(27)10-14)22(33)31-24-28-13(2)21(35-24)23(34)29-18-7-5-15(25)6-8-18/h5-10,12,19H,3-4,11H2,1-2H3,(H,29,34)(H,30,32)(H,28,31,33). The molecule has 0 saturated heterocycles. The van der Waals surface area contributed by atoms with Gasteiger partial charge in [0.05, 0.1) is 12.1 Å². The molecule has 3 aromatic rings. The van der Waals surface area contributed by atoms with Gasteiger partial charge in [-0.1, -0.05) is 36.3 Å². The Bertz CT molecular complexity index is 1210. The number of carbonyl (C=O) groups excluding carboxylic acids is 3. The second-order valence-electron chi connectivity index (χ2n) is 7.75. The Kier molecular flexibility index (Phi) is 8.89. The van der Waals surface area contributed by atoms with Gasteiger partial charge in [0.2, 0.25) is 11.8 Å². The number of halogens is 3. The lowest BCUT2D eigenvalue weighted by atomic mass is 10.1. The van der Waals surface area contributed by atoms with Crippen molar-refractivity contribution in [1.82, 2.24) is 10.3 Å². The van der Waals surface area contributed by atoms with Gasteiger partial charge in [0.1, 0.15) is 22.6 Å². The minimum atomic E-state index is -0.888. The number of carbonyl (C=O) groups is 3. The summed E-state index contributed by atoms with van der Waals surface area (Å²) in [6, 6.07) is 8.57. The third kappa shape index (κ3) is 7.56. The van der Waals surface area contributed by atoms with Crippen LogP contribution in [0.5, 0.6) is 0 Å². The van der Waals surface area contributed by atoms with Crippen LogP contribution in [0, 0.1) is 18.6 Å². The average molecular weight is 521 g/mol. The van der Waals surface area contributed by atoms with Gasteiger partial charge in [-0.3, -0.25) is 14.4 Å². The Labute approximate surface area is 209 Å². The fourth-order valence-electron chi connectivity index (χ4n) is 3.28. The molecule has 35 heavy (non-hydrogen) atoms. The summed E-state index contributed by atoms with van der Waals surface area (Å²) in [6.45, 7) is 3.49. The number of anilines is 2. The Morgan fingerprint density at radius 1 is 1.06 bits per heavy atom. The maximum Gasteiger partial charge on any atom is 0.267 e. The molecular weight excluding hydrogens is 498 g/mol. The number of nitrogens with one attached hydrogen (secondary N) is 3. The normalized spacial score (nSPS) is 11.6. The SMILES string of the molecule is CCCC(NC(=O)Cc1cc(F)cc(F)c1)C(=O)Nc1nc(C)c(C(=O)Nc2ccc(Cl)cc2)s1. The van der Waals surface area contributed by atoms with Crippen molar-refractivity contribution in [1.29, 1.82) is 0 Å². The Morgan fingerprint density at radius 3 is 2.34 bits per heavy atom. The number of thiazole rings is 1. The molecule has 184 valence electrons. The van der Waals surface area contributed by atoms with Crippen LogP contribution >= 0.6 is 22.9 Å². The molecule has 1 atom stereocenters. The molecule has 7 nitrogen and oxygen atoms in total. The molecule has 2 aromatic carbocycles. The number of nitrogens with zero attached hydrogens (tertiary/aromatic N) is 1. The maximum atomic E-state index is 13.4. The second-order valence-corrected chi connectivity index (χ2v) is 9.18. The summed E-state index contributed by atoms with van der Waals surface area (Å²) in [5, 5.41) is 8.72. The molecule has 0 aliphatic rings. The zero-order chi connectivity index (χ0) is 25.5. The largest absolute Gasteiger partial charge is 0.344 e. The van der Waals surface area contributed by atoms with Crippen LogP contribution in [0.15, 0.2) is 42.5 Å². The molecule has 0 aliphatic carbocycles. The van der Waals surface area contributed by atoms with Crippen LogP contribution in [0.1, 0.15) is 40.7 Å². The molecule has 0 saturated carbocycles. The van der Waals surface area contributed by atoms with Gasteiger partial charge in [-0.2, -0.15) is 0 Å². The van der Waals surface area contributed by atoms with Crippen molar-refractivity contribution < 1.29 is 23.2 Å². The summed E-state index contributed by atoms with van der Waals surface area (Å²) in [5.74, 6) is -3.02. The topological polar surface area (TPSA) is 100 Å². The van der Waals surface area contributed by atoms with E-state index in [9.17, 15) is 23.2 Å². The molecule has 11 heteroatoms. The first-order valence-corrected chi connectivity index (χ1v) is 11.9. The quantitative estimate of drug-likeness (QED) is 0.365. The van der Waals surface area contributed by atoms with Crippen molar-refractivity contribution in [2.45, 2.75) is 39.2 Å². The summed E-state index contributed by atoms with van der Waals surface area (Å²) in [5.41, 5.74) is 1.14. The van der Waals surface area contributed by atoms with Crippen LogP contribution in [0.2, 0.25) is 5.02 Å². The van der Waals surface area contributed by atoms with Gasteiger partial charge in [0, 0.05) is 16.8 Å². The van der Waals surface area contributed by atoms with Crippen molar-refractivity contribution in [2.24, 2.45) is 0 Å². The van der Waals surface area contributed by atoms with E-state index in [1.54, 1.807) is 31.2 Å². The number of rotatable bonds is 9. The maximum absolute atomic E-state index is 13.4. The monoisotopic (exact) mass is 520 g/mol. The molecule has 3 amide bonds. The predicted octanol–water partition coefficient (Wildman–Crippen LogP) is 5.10. The number of amides is 3. The van der Waals surface area contributed by atoms with Gasteiger partial charge in [-0.05, 0) is 55.3 Å². The summed E-state index contributed by atoms with van der Waals surface area (Å²) in [7, 11) is 0. The average Bonchev–Trinajstić information content (AvgIpc) is 3.14. The highest BCUT2D eigenvalue weighted by molar-refractivity contribution is 7.17. The third-order valence-corrected chi connectivity index (χ3v) is 6.17. The minimum absolute atomic E-state index is 0.155. The highest BCUT2D eigenvalue weighted by atomic mass is 35.5. The van der Waals surface area contributed by atoms with Gasteiger partial charge < -0.3 is 16.0 Å². The van der Waals surface area contributed by atoms with Crippen LogP contribution in [0.4, 0.5) is 19.6 Å². The number of hydrogen-bond acceptors (Lipinski definition) is 5. The molecular formula is C24H23ClF2N4O3S. The van der Waals surface area contributed by atoms with E-state index < -0.39 is 29.5 Å². The summed E-state index contributed by atoms with van der Waals surface area (Å²) < 4.78 is 26.8. The Hall–Kier alpha value is -3.37. The van der Waals surface area contributed by atoms with E-state index in [4.69, 9.17) is 11.6 Å².